The molecule has 0 heteroatoms. The van der Waals surface area contributed by atoms with Gasteiger partial charge < -0.3 is 0 Å². The van der Waals surface area contributed by atoms with E-state index >= 15 is 0 Å². The van der Waals surface area contributed by atoms with Crippen LogP contribution in [0.1, 0.15) is 78.6 Å². The summed E-state index contributed by atoms with van der Waals surface area (Å²) in [4.78, 5) is 0. The number of unbranched alkanes of at least 4 members (excludes halogenated alkanes) is 1. The minimum atomic E-state index is 0.775. The van der Waals surface area contributed by atoms with E-state index in [4.69, 9.17) is 0 Å². The third kappa shape index (κ3) is 5.89. The summed E-state index contributed by atoms with van der Waals surface area (Å²) in [6.45, 7) is 6.69. The molecule has 1 saturated carbocycles. The molecule has 0 heterocycles. The number of allylic oxidation sites excluding steroid dienone is 4. The quantitative estimate of drug-likeness (QED) is 0.513. The first kappa shape index (κ1) is 15.5. The van der Waals surface area contributed by atoms with Crippen LogP contribution in [0, 0.1) is 11.8 Å². The highest BCUT2D eigenvalue weighted by atomic mass is 14.3. The lowest BCUT2D eigenvalue weighted by atomic mass is 9.86. The Bertz CT molecular complexity index is 259. The number of hydrogen-bond acceptors (Lipinski definition) is 0. The Hall–Kier alpha value is -0.520. The molecular weight excluding hydrogens is 216 g/mol. The van der Waals surface area contributed by atoms with Gasteiger partial charge in [-0.05, 0) is 50.4 Å². The highest BCUT2D eigenvalue weighted by Gasteiger charge is 2.21. The van der Waals surface area contributed by atoms with Gasteiger partial charge in [0.2, 0.25) is 0 Å². The maximum atomic E-state index is 2.48. The van der Waals surface area contributed by atoms with Crippen LogP contribution in [0.5, 0.6) is 0 Å². The van der Waals surface area contributed by atoms with Gasteiger partial charge in [-0.15, -0.1) is 0 Å². The number of rotatable bonds is 4. The van der Waals surface area contributed by atoms with Gasteiger partial charge in [-0.1, -0.05) is 63.8 Å². The summed E-state index contributed by atoms with van der Waals surface area (Å²) >= 11 is 0. The van der Waals surface area contributed by atoms with Crippen molar-refractivity contribution in [1.29, 1.82) is 0 Å². The molecule has 1 fully saturated rings. The van der Waals surface area contributed by atoms with E-state index in [9.17, 15) is 0 Å². The van der Waals surface area contributed by atoms with Crippen molar-refractivity contribution >= 4 is 0 Å². The van der Waals surface area contributed by atoms with Crippen molar-refractivity contribution in [3.05, 3.63) is 23.8 Å². The van der Waals surface area contributed by atoms with Crippen LogP contribution in [0.25, 0.3) is 0 Å². The fraction of sp³-hybridized carbons (Fsp3) is 0.778. The average Bonchev–Trinajstić information content (AvgIpc) is 2.88. The van der Waals surface area contributed by atoms with Crippen molar-refractivity contribution in [3.63, 3.8) is 0 Å². The monoisotopic (exact) mass is 248 g/mol. The zero-order valence-electron chi connectivity index (χ0n) is 12.8. The minimum Gasteiger partial charge on any atom is -0.0883 e. The predicted molar refractivity (Wildman–Crippen MR) is 82.8 cm³/mol. The fourth-order valence-corrected chi connectivity index (χ4v) is 2.81. The summed E-state index contributed by atoms with van der Waals surface area (Å²) in [6.07, 6.45) is 19.6. The molecule has 0 aromatic rings. The first-order valence-electron chi connectivity index (χ1n) is 8.13. The van der Waals surface area contributed by atoms with Gasteiger partial charge in [0.1, 0.15) is 0 Å². The molecule has 0 amide bonds. The molecule has 2 rings (SSSR count). The Labute approximate surface area is 115 Å². The van der Waals surface area contributed by atoms with E-state index in [-0.39, 0.29) is 0 Å². The van der Waals surface area contributed by atoms with Gasteiger partial charge in [-0.2, -0.15) is 0 Å². The molecule has 18 heavy (non-hydrogen) atoms. The fourth-order valence-electron chi connectivity index (χ4n) is 2.81. The Morgan fingerprint density at radius 3 is 2.78 bits per heavy atom. The number of fused-ring (bicyclic) bond motifs is 1. The first-order chi connectivity index (χ1) is 8.77. The summed E-state index contributed by atoms with van der Waals surface area (Å²) in [7, 11) is 0. The molecular formula is C18H32. The molecule has 0 spiro atoms. The lowest BCUT2D eigenvalue weighted by molar-refractivity contribution is 0.456. The molecule has 0 bridgehead atoms. The van der Waals surface area contributed by atoms with Crippen LogP contribution >= 0.6 is 0 Å². The summed E-state index contributed by atoms with van der Waals surface area (Å²) in [5.74, 6) is 1.80. The normalized spacial score (nSPS) is 24.2. The van der Waals surface area contributed by atoms with Gasteiger partial charge in [0, 0.05) is 0 Å². The van der Waals surface area contributed by atoms with E-state index in [0.29, 0.717) is 0 Å². The molecule has 0 N–H and O–H groups in total. The van der Waals surface area contributed by atoms with Crippen molar-refractivity contribution in [3.8, 4) is 0 Å². The van der Waals surface area contributed by atoms with E-state index in [2.05, 4.69) is 39.0 Å². The second-order valence-electron chi connectivity index (χ2n) is 5.90. The summed E-state index contributed by atoms with van der Waals surface area (Å²) in [6, 6.07) is 0. The van der Waals surface area contributed by atoms with E-state index < -0.39 is 0 Å². The molecule has 0 saturated heterocycles. The van der Waals surface area contributed by atoms with Crippen LogP contribution in [-0.4, -0.2) is 0 Å². The van der Waals surface area contributed by atoms with Crippen LogP contribution in [0.3, 0.4) is 0 Å². The molecule has 2 aliphatic carbocycles. The van der Waals surface area contributed by atoms with Gasteiger partial charge >= 0.3 is 0 Å². The zero-order valence-corrected chi connectivity index (χ0v) is 12.8. The van der Waals surface area contributed by atoms with Crippen molar-refractivity contribution in [2.75, 3.05) is 0 Å². The Morgan fingerprint density at radius 1 is 1.28 bits per heavy atom. The van der Waals surface area contributed by atoms with Crippen LogP contribution in [0.4, 0.5) is 0 Å². The van der Waals surface area contributed by atoms with Crippen molar-refractivity contribution in [2.45, 2.75) is 78.6 Å². The predicted octanol–water partition coefficient (Wildman–Crippen LogP) is 6.29. The van der Waals surface area contributed by atoms with Crippen LogP contribution in [0.15, 0.2) is 23.8 Å². The molecule has 0 aromatic carbocycles. The van der Waals surface area contributed by atoms with Crippen molar-refractivity contribution in [2.24, 2.45) is 11.8 Å². The lowest BCUT2D eigenvalue weighted by Gasteiger charge is -2.19. The summed E-state index contributed by atoms with van der Waals surface area (Å²) in [5, 5.41) is 0. The largest absolute Gasteiger partial charge is 0.0883 e. The Morgan fingerprint density at radius 2 is 2.11 bits per heavy atom. The number of hydrogen-bond donors (Lipinski definition) is 0. The van der Waals surface area contributed by atoms with Gasteiger partial charge in [0.25, 0.3) is 0 Å². The van der Waals surface area contributed by atoms with Crippen molar-refractivity contribution in [1.82, 2.24) is 0 Å². The maximum absolute atomic E-state index is 2.48. The maximum Gasteiger partial charge on any atom is -0.0200 e. The van der Waals surface area contributed by atoms with Gasteiger partial charge in [0.15, 0.2) is 0 Å². The Kier molecular flexibility index (Phi) is 8.13. The average molecular weight is 248 g/mol. The third-order valence-corrected chi connectivity index (χ3v) is 4.28. The molecule has 0 nitrogen and oxygen atoms in total. The highest BCUT2D eigenvalue weighted by molar-refractivity contribution is 5.14. The van der Waals surface area contributed by atoms with E-state index in [1.807, 2.05) is 0 Å². The van der Waals surface area contributed by atoms with E-state index in [1.165, 1.54) is 57.8 Å². The second-order valence-corrected chi connectivity index (χ2v) is 5.90. The first-order valence-corrected chi connectivity index (χ1v) is 8.13. The topological polar surface area (TPSA) is 0 Å². The molecule has 2 atom stereocenters. The summed E-state index contributed by atoms with van der Waals surface area (Å²) in [5.41, 5.74) is 1.79. The standard InChI is InChI=1S/C9H14.C9H18/c1-2-5-9-7-3-6-8(9)4-1;1-4-6-7-8-9(3)5-2/h6,9H,1-5,7H2;7-9H,4-6H2,1-3H3/b;8-7-. The smallest absolute Gasteiger partial charge is 0.0200 e. The molecule has 0 aromatic heterocycles. The van der Waals surface area contributed by atoms with Gasteiger partial charge in [-0.3, -0.25) is 0 Å². The molecule has 104 valence electrons. The molecule has 0 radical (unpaired) electrons. The zero-order chi connectivity index (χ0) is 13.2. The van der Waals surface area contributed by atoms with Crippen molar-refractivity contribution < 1.29 is 0 Å². The summed E-state index contributed by atoms with van der Waals surface area (Å²) < 4.78 is 0. The molecule has 0 aliphatic heterocycles. The van der Waals surface area contributed by atoms with Crippen LogP contribution in [0.2, 0.25) is 0 Å². The SMILES string of the molecule is C1=C2CCCCC2CC1.CCC/C=C\C(C)CC. The third-order valence-electron chi connectivity index (χ3n) is 4.28. The molecule has 2 unspecified atom stereocenters. The van der Waals surface area contributed by atoms with E-state index in [1.54, 1.807) is 5.57 Å². The minimum absolute atomic E-state index is 0.775. The van der Waals surface area contributed by atoms with Crippen LogP contribution < -0.4 is 0 Å². The highest BCUT2D eigenvalue weighted by Crippen LogP contribution is 2.37. The second kappa shape index (κ2) is 9.42. The Balaban J connectivity index is 0.000000180. The van der Waals surface area contributed by atoms with Crippen LogP contribution in [-0.2, 0) is 0 Å². The van der Waals surface area contributed by atoms with Gasteiger partial charge in [0.05, 0.1) is 0 Å². The van der Waals surface area contributed by atoms with E-state index in [0.717, 1.165) is 11.8 Å². The lowest BCUT2D eigenvalue weighted by Crippen LogP contribution is -2.04. The molecule has 2 aliphatic rings. The van der Waals surface area contributed by atoms with Gasteiger partial charge in [-0.25, -0.2) is 0 Å².